The normalized spacial score (nSPS) is 14.7. The molecule has 148 valence electrons. The first-order valence-electron chi connectivity index (χ1n) is 10.1. The lowest BCUT2D eigenvalue weighted by atomic mass is 10.0. The van der Waals surface area contributed by atoms with Gasteiger partial charge in [-0.05, 0) is 49.1 Å². The Kier molecular flexibility index (Phi) is 6.40. The van der Waals surface area contributed by atoms with E-state index in [9.17, 15) is 4.79 Å². The van der Waals surface area contributed by atoms with Gasteiger partial charge in [-0.1, -0.05) is 45.0 Å². The minimum Gasteiger partial charge on any atom is -0.490 e. The van der Waals surface area contributed by atoms with Crippen molar-refractivity contribution in [3.05, 3.63) is 53.6 Å². The van der Waals surface area contributed by atoms with Crippen molar-refractivity contribution in [2.45, 2.75) is 34.1 Å². The molecule has 1 aliphatic rings. The highest BCUT2D eigenvalue weighted by molar-refractivity contribution is 6.35. The molecule has 0 aromatic heterocycles. The van der Waals surface area contributed by atoms with E-state index in [0.29, 0.717) is 24.9 Å². The number of amides is 1. The number of ether oxygens (including phenoxy) is 2. The van der Waals surface area contributed by atoms with Crippen molar-refractivity contribution in [3.8, 4) is 11.5 Å². The van der Waals surface area contributed by atoms with Crippen LogP contribution in [0, 0.1) is 5.92 Å². The van der Waals surface area contributed by atoms with Crippen LogP contribution >= 0.6 is 0 Å². The fraction of sp³-hybridized carbons (Fsp3) is 0.375. The van der Waals surface area contributed by atoms with Gasteiger partial charge in [0, 0.05) is 17.7 Å². The van der Waals surface area contributed by atoms with E-state index < -0.39 is 0 Å². The number of para-hydroxylation sites is 1. The van der Waals surface area contributed by atoms with Crippen molar-refractivity contribution in [1.29, 1.82) is 0 Å². The molecule has 0 N–H and O–H groups in total. The van der Waals surface area contributed by atoms with E-state index in [1.807, 2.05) is 60.4 Å². The summed E-state index contributed by atoms with van der Waals surface area (Å²) < 4.78 is 11.7. The first-order valence-corrected chi connectivity index (χ1v) is 10.1. The average Bonchev–Trinajstić information content (AvgIpc) is 2.94. The summed E-state index contributed by atoms with van der Waals surface area (Å²) in [5, 5.41) is 0. The monoisotopic (exact) mass is 379 g/mol. The van der Waals surface area contributed by atoms with Gasteiger partial charge in [0.05, 0.1) is 18.9 Å². The summed E-state index contributed by atoms with van der Waals surface area (Å²) in [6, 6.07) is 13.8. The molecular formula is C24H29NO3. The van der Waals surface area contributed by atoms with Crippen LogP contribution in [0.5, 0.6) is 11.5 Å². The van der Waals surface area contributed by atoms with Crippen LogP contribution in [-0.4, -0.2) is 25.7 Å². The fourth-order valence-electron chi connectivity index (χ4n) is 3.32. The lowest BCUT2D eigenvalue weighted by Gasteiger charge is -2.15. The Morgan fingerprint density at radius 3 is 2.54 bits per heavy atom. The van der Waals surface area contributed by atoms with Crippen molar-refractivity contribution >= 4 is 23.2 Å². The van der Waals surface area contributed by atoms with E-state index in [0.717, 1.165) is 41.1 Å². The Labute approximate surface area is 167 Å². The van der Waals surface area contributed by atoms with E-state index in [4.69, 9.17) is 9.47 Å². The zero-order chi connectivity index (χ0) is 20.1. The molecule has 1 heterocycles. The molecule has 2 aromatic carbocycles. The number of benzene rings is 2. The van der Waals surface area contributed by atoms with Gasteiger partial charge < -0.3 is 14.4 Å². The molecular weight excluding hydrogens is 350 g/mol. The second-order valence-corrected chi connectivity index (χ2v) is 7.38. The topological polar surface area (TPSA) is 38.8 Å². The molecule has 1 aliphatic heterocycles. The Balaban J connectivity index is 1.96. The number of fused-ring (bicyclic) bond motifs is 1. The Hall–Kier alpha value is -2.75. The number of hydrogen-bond acceptors (Lipinski definition) is 3. The molecule has 4 nitrogen and oxygen atoms in total. The van der Waals surface area contributed by atoms with Gasteiger partial charge in [0.15, 0.2) is 11.5 Å². The fourth-order valence-corrected chi connectivity index (χ4v) is 3.32. The third-order valence-corrected chi connectivity index (χ3v) is 4.56. The zero-order valence-corrected chi connectivity index (χ0v) is 17.2. The van der Waals surface area contributed by atoms with Crippen LogP contribution in [0.3, 0.4) is 0 Å². The summed E-state index contributed by atoms with van der Waals surface area (Å²) in [4.78, 5) is 14.9. The van der Waals surface area contributed by atoms with Crippen LogP contribution in [0.2, 0.25) is 0 Å². The molecule has 1 amide bonds. The number of carbonyl (C=O) groups excluding carboxylic acids is 1. The highest BCUT2D eigenvalue weighted by Crippen LogP contribution is 2.38. The largest absolute Gasteiger partial charge is 0.490 e. The highest BCUT2D eigenvalue weighted by Gasteiger charge is 2.31. The molecule has 0 bridgehead atoms. The number of anilines is 1. The lowest BCUT2D eigenvalue weighted by molar-refractivity contribution is -0.113. The van der Waals surface area contributed by atoms with Crippen LogP contribution in [-0.2, 0) is 4.79 Å². The summed E-state index contributed by atoms with van der Waals surface area (Å²) in [6.07, 6.45) is 2.87. The average molecular weight is 380 g/mol. The van der Waals surface area contributed by atoms with Crippen LogP contribution in [0.1, 0.15) is 45.2 Å². The standard InChI is InChI=1S/C24H29NO3/c1-5-13-25-21-10-8-7-9-19(21)20(24(25)26)14-18-11-12-22(28-16-17(3)4)23(15-18)27-6-2/h7-12,14-15,17H,5-6,13,16H2,1-4H3/b20-14-. The molecule has 0 radical (unpaired) electrons. The van der Waals surface area contributed by atoms with Gasteiger partial charge in [0.2, 0.25) is 0 Å². The minimum absolute atomic E-state index is 0.0566. The summed E-state index contributed by atoms with van der Waals surface area (Å²) >= 11 is 0. The molecule has 2 aromatic rings. The van der Waals surface area contributed by atoms with Crippen LogP contribution in [0.25, 0.3) is 11.6 Å². The highest BCUT2D eigenvalue weighted by atomic mass is 16.5. The van der Waals surface area contributed by atoms with Crippen LogP contribution < -0.4 is 14.4 Å². The van der Waals surface area contributed by atoms with Gasteiger partial charge in [-0.2, -0.15) is 0 Å². The summed E-state index contributed by atoms with van der Waals surface area (Å²) in [5.74, 6) is 1.94. The maximum atomic E-state index is 13.0. The van der Waals surface area contributed by atoms with Gasteiger partial charge in [-0.15, -0.1) is 0 Å². The molecule has 4 heteroatoms. The molecule has 0 aliphatic carbocycles. The molecule has 0 saturated carbocycles. The quantitative estimate of drug-likeness (QED) is 0.575. The Morgan fingerprint density at radius 2 is 1.82 bits per heavy atom. The van der Waals surface area contributed by atoms with E-state index in [2.05, 4.69) is 20.8 Å². The molecule has 28 heavy (non-hydrogen) atoms. The van der Waals surface area contributed by atoms with Crippen molar-refractivity contribution < 1.29 is 14.3 Å². The first-order chi connectivity index (χ1) is 13.5. The zero-order valence-electron chi connectivity index (χ0n) is 17.2. The predicted octanol–water partition coefficient (Wildman–Crippen LogP) is 5.42. The number of carbonyl (C=O) groups is 1. The smallest absolute Gasteiger partial charge is 0.258 e. The lowest BCUT2D eigenvalue weighted by Crippen LogP contribution is -2.26. The summed E-state index contributed by atoms with van der Waals surface area (Å²) in [7, 11) is 0. The molecule has 3 rings (SSSR count). The maximum absolute atomic E-state index is 13.0. The maximum Gasteiger partial charge on any atom is 0.258 e. The number of rotatable bonds is 8. The van der Waals surface area contributed by atoms with E-state index in [1.165, 1.54) is 0 Å². The molecule has 0 unspecified atom stereocenters. The van der Waals surface area contributed by atoms with Crippen molar-refractivity contribution in [2.24, 2.45) is 5.92 Å². The van der Waals surface area contributed by atoms with E-state index in [-0.39, 0.29) is 5.91 Å². The van der Waals surface area contributed by atoms with E-state index >= 15 is 0 Å². The van der Waals surface area contributed by atoms with Gasteiger partial charge in [-0.3, -0.25) is 4.79 Å². The molecule has 0 fully saturated rings. The Morgan fingerprint density at radius 1 is 1.04 bits per heavy atom. The predicted molar refractivity (Wildman–Crippen MR) is 115 cm³/mol. The number of nitrogens with zero attached hydrogens (tertiary/aromatic N) is 1. The van der Waals surface area contributed by atoms with Crippen molar-refractivity contribution in [1.82, 2.24) is 0 Å². The van der Waals surface area contributed by atoms with Gasteiger partial charge in [-0.25, -0.2) is 0 Å². The van der Waals surface area contributed by atoms with E-state index in [1.54, 1.807) is 0 Å². The second-order valence-electron chi connectivity index (χ2n) is 7.38. The summed E-state index contributed by atoms with van der Waals surface area (Å²) in [5.41, 5.74) is 3.63. The third-order valence-electron chi connectivity index (χ3n) is 4.56. The molecule has 0 atom stereocenters. The SMILES string of the molecule is CCCN1C(=O)/C(=C\c2ccc(OCC(C)C)c(OCC)c2)c2ccccc21. The molecule has 0 spiro atoms. The minimum atomic E-state index is 0.0566. The first kappa shape index (κ1) is 20.0. The third kappa shape index (κ3) is 4.22. The van der Waals surface area contributed by atoms with Crippen molar-refractivity contribution in [3.63, 3.8) is 0 Å². The molecule has 0 saturated heterocycles. The summed E-state index contributed by atoms with van der Waals surface area (Å²) in [6.45, 7) is 10.2. The second kappa shape index (κ2) is 8.96. The van der Waals surface area contributed by atoms with Gasteiger partial charge in [0.25, 0.3) is 5.91 Å². The van der Waals surface area contributed by atoms with Crippen LogP contribution in [0.15, 0.2) is 42.5 Å². The Bertz CT molecular complexity index is 870. The number of hydrogen-bond donors (Lipinski definition) is 0. The van der Waals surface area contributed by atoms with Crippen LogP contribution in [0.4, 0.5) is 5.69 Å². The van der Waals surface area contributed by atoms with Gasteiger partial charge in [0.1, 0.15) is 0 Å². The van der Waals surface area contributed by atoms with Crippen molar-refractivity contribution in [2.75, 3.05) is 24.7 Å². The van der Waals surface area contributed by atoms with Gasteiger partial charge >= 0.3 is 0 Å².